The van der Waals surface area contributed by atoms with Crippen LogP contribution in [0.1, 0.15) is 43.1 Å². The van der Waals surface area contributed by atoms with Crippen LogP contribution in [0.5, 0.6) is 0 Å². The zero-order valence-corrected chi connectivity index (χ0v) is 15.2. The maximum atomic E-state index is 12.0. The predicted molar refractivity (Wildman–Crippen MR) is 99.4 cm³/mol. The average molecular weight is 339 g/mol. The van der Waals surface area contributed by atoms with Gasteiger partial charge in [-0.1, -0.05) is 17.3 Å². The minimum Gasteiger partial charge on any atom is -0.319 e. The van der Waals surface area contributed by atoms with E-state index in [2.05, 4.69) is 47.8 Å². The molecule has 0 atom stereocenters. The zero-order valence-electron chi connectivity index (χ0n) is 15.2. The molecule has 1 fully saturated rings. The van der Waals surface area contributed by atoms with Gasteiger partial charge in [-0.05, 0) is 69.9 Å². The maximum Gasteiger partial charge on any atom is 0.435 e. The molecule has 5 nitrogen and oxygen atoms in total. The third kappa shape index (κ3) is 3.92. The number of carbonyl (C=O) groups is 1. The van der Waals surface area contributed by atoms with Gasteiger partial charge < -0.3 is 9.47 Å². The monoisotopic (exact) mass is 339 g/mol. The number of aromatic nitrogens is 1. The van der Waals surface area contributed by atoms with E-state index in [0.717, 1.165) is 37.2 Å². The van der Waals surface area contributed by atoms with Crippen LogP contribution in [0.25, 0.3) is 5.69 Å². The van der Waals surface area contributed by atoms with Crippen molar-refractivity contribution in [3.8, 4) is 5.69 Å². The van der Waals surface area contributed by atoms with Crippen molar-refractivity contribution in [1.29, 1.82) is 0 Å². The van der Waals surface area contributed by atoms with E-state index in [1.165, 1.54) is 17.8 Å². The van der Waals surface area contributed by atoms with Crippen molar-refractivity contribution in [2.24, 2.45) is 5.16 Å². The van der Waals surface area contributed by atoms with Crippen molar-refractivity contribution in [1.82, 2.24) is 9.47 Å². The zero-order chi connectivity index (χ0) is 17.8. The van der Waals surface area contributed by atoms with Gasteiger partial charge in [0.2, 0.25) is 0 Å². The number of hydrogen-bond donors (Lipinski definition) is 0. The number of hydrogen-bond acceptors (Lipinski definition) is 3. The van der Waals surface area contributed by atoms with Crippen molar-refractivity contribution in [3.63, 3.8) is 0 Å². The first-order valence-corrected chi connectivity index (χ1v) is 8.82. The number of benzene rings is 1. The van der Waals surface area contributed by atoms with E-state index in [-0.39, 0.29) is 6.09 Å². The lowest BCUT2D eigenvalue weighted by molar-refractivity contribution is 0.0981. The Labute approximate surface area is 148 Å². The molecule has 1 amide bonds. The van der Waals surface area contributed by atoms with E-state index >= 15 is 0 Å². The molecule has 1 aliphatic heterocycles. The number of aryl methyl sites for hydroxylation is 2. The van der Waals surface area contributed by atoms with Crippen LogP contribution in [0, 0.1) is 13.8 Å². The van der Waals surface area contributed by atoms with Crippen molar-refractivity contribution < 1.29 is 9.63 Å². The highest BCUT2D eigenvalue weighted by atomic mass is 16.7. The number of carbonyl (C=O) groups excluding carboxylic acids is 1. The highest BCUT2D eigenvalue weighted by Crippen LogP contribution is 2.17. The fourth-order valence-corrected chi connectivity index (χ4v) is 3.22. The molecule has 1 aromatic carbocycles. The van der Waals surface area contributed by atoms with Gasteiger partial charge in [-0.3, -0.25) is 4.84 Å². The third-order valence-corrected chi connectivity index (χ3v) is 4.69. The molecular weight excluding hydrogens is 314 g/mol. The van der Waals surface area contributed by atoms with Crippen LogP contribution in [-0.2, 0) is 4.84 Å². The van der Waals surface area contributed by atoms with Gasteiger partial charge in [-0.25, -0.2) is 4.79 Å². The van der Waals surface area contributed by atoms with Crippen LogP contribution >= 0.6 is 0 Å². The standard InChI is InChI=1S/C20H25N3O2/c1-15-7-8-16(2)23(15)19-11-9-18(10-12-19)17(3)21-25-20(24)22-13-5-4-6-14-22/h7-12H,4-6,13-14H2,1-3H3. The van der Waals surface area contributed by atoms with Crippen LogP contribution in [0.2, 0.25) is 0 Å². The van der Waals surface area contributed by atoms with Gasteiger partial charge in [-0.15, -0.1) is 0 Å². The molecule has 0 N–H and O–H groups in total. The van der Waals surface area contributed by atoms with E-state index in [1.807, 2.05) is 19.1 Å². The van der Waals surface area contributed by atoms with Gasteiger partial charge >= 0.3 is 6.09 Å². The molecule has 0 spiro atoms. The first kappa shape index (κ1) is 17.3. The molecule has 132 valence electrons. The first-order valence-electron chi connectivity index (χ1n) is 8.82. The number of oxime groups is 1. The molecule has 0 radical (unpaired) electrons. The van der Waals surface area contributed by atoms with Gasteiger partial charge in [-0.2, -0.15) is 0 Å². The normalized spacial score (nSPS) is 15.3. The molecule has 1 saturated heterocycles. The van der Waals surface area contributed by atoms with E-state index in [1.54, 1.807) is 4.90 Å². The molecule has 1 aromatic heterocycles. The van der Waals surface area contributed by atoms with Gasteiger partial charge in [0, 0.05) is 30.2 Å². The number of amides is 1. The summed E-state index contributed by atoms with van der Waals surface area (Å²) in [6.07, 6.45) is 2.91. The summed E-state index contributed by atoms with van der Waals surface area (Å²) < 4.78 is 2.20. The lowest BCUT2D eigenvalue weighted by Crippen LogP contribution is -2.35. The first-order chi connectivity index (χ1) is 12.1. The Balaban J connectivity index is 1.68. The number of piperidine rings is 1. The minimum absolute atomic E-state index is 0.353. The summed E-state index contributed by atoms with van der Waals surface area (Å²) in [6.45, 7) is 7.56. The molecule has 5 heteroatoms. The highest BCUT2D eigenvalue weighted by Gasteiger charge is 2.18. The van der Waals surface area contributed by atoms with Gasteiger partial charge in [0.25, 0.3) is 0 Å². The molecule has 2 heterocycles. The van der Waals surface area contributed by atoms with Crippen LogP contribution in [0.3, 0.4) is 0 Å². The maximum absolute atomic E-state index is 12.0. The number of rotatable bonds is 3. The van der Waals surface area contributed by atoms with E-state index in [9.17, 15) is 4.79 Å². The molecule has 0 saturated carbocycles. The number of likely N-dealkylation sites (tertiary alicyclic amines) is 1. The average Bonchev–Trinajstić information content (AvgIpc) is 2.98. The Morgan fingerprint density at radius 3 is 2.16 bits per heavy atom. The molecule has 0 unspecified atom stereocenters. The molecule has 3 rings (SSSR count). The Morgan fingerprint density at radius 2 is 1.56 bits per heavy atom. The van der Waals surface area contributed by atoms with E-state index in [0.29, 0.717) is 5.71 Å². The summed E-state index contributed by atoms with van der Waals surface area (Å²) in [5.41, 5.74) is 5.15. The summed E-state index contributed by atoms with van der Waals surface area (Å²) in [5.74, 6) is 0. The predicted octanol–water partition coefficient (Wildman–Crippen LogP) is 4.44. The molecule has 2 aromatic rings. The number of nitrogens with zero attached hydrogens (tertiary/aromatic N) is 3. The van der Waals surface area contributed by atoms with Crippen molar-refractivity contribution in [3.05, 3.63) is 53.3 Å². The third-order valence-electron chi connectivity index (χ3n) is 4.69. The largest absolute Gasteiger partial charge is 0.435 e. The second-order valence-electron chi connectivity index (χ2n) is 6.58. The highest BCUT2D eigenvalue weighted by molar-refractivity contribution is 5.98. The second-order valence-corrected chi connectivity index (χ2v) is 6.58. The van der Waals surface area contributed by atoms with Crippen LogP contribution < -0.4 is 0 Å². The fourth-order valence-electron chi connectivity index (χ4n) is 3.22. The van der Waals surface area contributed by atoms with E-state index in [4.69, 9.17) is 4.84 Å². The summed E-state index contributed by atoms with van der Waals surface area (Å²) in [6, 6.07) is 12.3. The Morgan fingerprint density at radius 1 is 0.960 bits per heavy atom. The summed E-state index contributed by atoms with van der Waals surface area (Å²) in [7, 11) is 0. The minimum atomic E-state index is -0.353. The Hall–Kier alpha value is -2.56. The van der Waals surface area contributed by atoms with Crippen LogP contribution in [0.15, 0.2) is 41.6 Å². The van der Waals surface area contributed by atoms with Crippen molar-refractivity contribution in [2.45, 2.75) is 40.0 Å². The molecule has 1 aliphatic rings. The SMILES string of the molecule is CC(=NOC(=O)N1CCCCC1)c1ccc(-n2c(C)ccc2C)cc1. The Kier molecular flexibility index (Phi) is 5.22. The molecule has 0 bridgehead atoms. The van der Waals surface area contributed by atoms with Crippen molar-refractivity contribution >= 4 is 11.8 Å². The summed E-state index contributed by atoms with van der Waals surface area (Å²) in [5, 5.41) is 4.02. The molecule has 25 heavy (non-hydrogen) atoms. The lowest BCUT2D eigenvalue weighted by Gasteiger charge is -2.24. The fraction of sp³-hybridized carbons (Fsp3) is 0.400. The summed E-state index contributed by atoms with van der Waals surface area (Å²) >= 11 is 0. The summed E-state index contributed by atoms with van der Waals surface area (Å²) in [4.78, 5) is 18.8. The van der Waals surface area contributed by atoms with Crippen LogP contribution in [-0.4, -0.2) is 34.4 Å². The Bertz CT molecular complexity index is 749. The smallest absolute Gasteiger partial charge is 0.319 e. The van der Waals surface area contributed by atoms with Gasteiger partial charge in [0.05, 0.1) is 5.71 Å². The topological polar surface area (TPSA) is 46.8 Å². The second kappa shape index (κ2) is 7.55. The quantitative estimate of drug-likeness (QED) is 0.471. The van der Waals surface area contributed by atoms with Crippen LogP contribution in [0.4, 0.5) is 4.79 Å². The van der Waals surface area contributed by atoms with Gasteiger partial charge in [0.15, 0.2) is 0 Å². The van der Waals surface area contributed by atoms with E-state index < -0.39 is 0 Å². The molecule has 0 aliphatic carbocycles. The lowest BCUT2D eigenvalue weighted by atomic mass is 10.1. The van der Waals surface area contributed by atoms with Gasteiger partial charge in [0.1, 0.15) is 0 Å². The van der Waals surface area contributed by atoms with Crippen molar-refractivity contribution in [2.75, 3.05) is 13.1 Å². The molecular formula is C20H25N3O2.